The quantitative estimate of drug-likeness (QED) is 0.346. The van der Waals surface area contributed by atoms with Gasteiger partial charge in [-0.3, -0.25) is 4.79 Å². The molecule has 0 saturated carbocycles. The van der Waals surface area contributed by atoms with E-state index in [2.05, 4.69) is 36.4 Å². The van der Waals surface area contributed by atoms with Crippen LogP contribution in [0.1, 0.15) is 41.6 Å². The number of carbonyl (C=O) groups is 1. The van der Waals surface area contributed by atoms with Crippen LogP contribution < -0.4 is 0 Å². The molecule has 0 atom stereocenters. The Bertz CT molecular complexity index is 609. The molecule has 2 rings (SSSR count). The van der Waals surface area contributed by atoms with Crippen molar-refractivity contribution in [3.63, 3.8) is 0 Å². The number of unbranched alkanes of at least 4 members (excludes halogenated alkanes) is 2. The van der Waals surface area contributed by atoms with Gasteiger partial charge in [-0.05, 0) is 24.8 Å². The van der Waals surface area contributed by atoms with Crippen LogP contribution in [0, 0.1) is 0 Å². The number of allylic oxidation sites excluding steroid dienone is 3. The van der Waals surface area contributed by atoms with Crippen molar-refractivity contribution in [1.82, 2.24) is 0 Å². The van der Waals surface area contributed by atoms with Crippen LogP contribution in [0.15, 0.2) is 78.9 Å². The lowest BCUT2D eigenvalue weighted by Gasteiger charge is -1.99. The number of ketones is 1. The van der Waals surface area contributed by atoms with E-state index in [0.29, 0.717) is 6.42 Å². The van der Waals surface area contributed by atoms with Crippen LogP contribution in [0.2, 0.25) is 0 Å². The molecule has 22 heavy (non-hydrogen) atoms. The molecule has 0 saturated heterocycles. The van der Waals surface area contributed by atoms with Crippen LogP contribution >= 0.6 is 0 Å². The van der Waals surface area contributed by atoms with E-state index in [1.54, 1.807) is 0 Å². The number of benzene rings is 2. The highest BCUT2D eigenvalue weighted by molar-refractivity contribution is 5.95. The van der Waals surface area contributed by atoms with Gasteiger partial charge in [0, 0.05) is 12.0 Å². The van der Waals surface area contributed by atoms with Gasteiger partial charge in [0.05, 0.1) is 0 Å². The topological polar surface area (TPSA) is 17.1 Å². The molecule has 2 aromatic carbocycles. The second kappa shape index (κ2) is 9.51. The first-order valence-corrected chi connectivity index (χ1v) is 7.83. The predicted octanol–water partition coefficient (Wildman–Crippen LogP) is 5.70. The van der Waals surface area contributed by atoms with E-state index < -0.39 is 0 Å². The highest BCUT2D eigenvalue weighted by Crippen LogP contribution is 2.08. The third-order valence-electron chi connectivity index (χ3n) is 3.46. The zero-order chi connectivity index (χ0) is 15.5. The summed E-state index contributed by atoms with van der Waals surface area (Å²) >= 11 is 0. The molecule has 0 aliphatic carbocycles. The van der Waals surface area contributed by atoms with Crippen LogP contribution in [-0.4, -0.2) is 5.78 Å². The van der Waals surface area contributed by atoms with Gasteiger partial charge in [-0.25, -0.2) is 0 Å². The van der Waals surface area contributed by atoms with E-state index in [1.807, 2.05) is 48.5 Å². The minimum atomic E-state index is 0.244. The Morgan fingerprint density at radius 1 is 0.818 bits per heavy atom. The molecule has 2 aromatic rings. The Morgan fingerprint density at radius 2 is 1.50 bits per heavy atom. The molecule has 0 fully saturated rings. The molecule has 0 radical (unpaired) electrons. The number of hydrogen-bond donors (Lipinski definition) is 0. The zero-order valence-electron chi connectivity index (χ0n) is 12.8. The number of carbonyl (C=O) groups excluding carboxylic acids is 1. The van der Waals surface area contributed by atoms with Crippen molar-refractivity contribution in [3.05, 3.63) is 90.0 Å². The summed E-state index contributed by atoms with van der Waals surface area (Å²) in [5.74, 6) is 0.244. The summed E-state index contributed by atoms with van der Waals surface area (Å²) in [6.45, 7) is 0. The normalized spacial score (nSPS) is 11.3. The zero-order valence-corrected chi connectivity index (χ0v) is 12.8. The van der Waals surface area contributed by atoms with Gasteiger partial charge in [0.25, 0.3) is 0 Å². The van der Waals surface area contributed by atoms with Gasteiger partial charge in [0.2, 0.25) is 0 Å². The molecular weight excluding hydrogens is 268 g/mol. The minimum Gasteiger partial charge on any atom is -0.294 e. The van der Waals surface area contributed by atoms with E-state index in [0.717, 1.165) is 24.8 Å². The van der Waals surface area contributed by atoms with Crippen LogP contribution in [0.25, 0.3) is 6.08 Å². The van der Waals surface area contributed by atoms with E-state index >= 15 is 0 Å². The van der Waals surface area contributed by atoms with Crippen molar-refractivity contribution < 1.29 is 4.79 Å². The van der Waals surface area contributed by atoms with E-state index in [4.69, 9.17) is 0 Å². The molecule has 0 heterocycles. The second-order valence-corrected chi connectivity index (χ2v) is 5.23. The maximum atomic E-state index is 11.9. The third-order valence-corrected chi connectivity index (χ3v) is 3.46. The molecule has 112 valence electrons. The predicted molar refractivity (Wildman–Crippen MR) is 93.9 cm³/mol. The van der Waals surface area contributed by atoms with Crippen molar-refractivity contribution in [2.75, 3.05) is 0 Å². The van der Waals surface area contributed by atoms with Gasteiger partial charge < -0.3 is 0 Å². The summed E-state index contributed by atoms with van der Waals surface area (Å²) < 4.78 is 0. The Balaban J connectivity index is 1.60. The molecule has 0 unspecified atom stereocenters. The number of Topliss-reactive ketones (excluding diaryl/α,β-unsaturated/α-hetero) is 1. The second-order valence-electron chi connectivity index (χ2n) is 5.23. The maximum absolute atomic E-state index is 11.9. The highest BCUT2D eigenvalue weighted by Gasteiger charge is 2.03. The molecule has 0 amide bonds. The first kappa shape index (κ1) is 16.0. The molecule has 0 aliphatic rings. The molecule has 0 N–H and O–H groups in total. The Labute approximate surface area is 133 Å². The average molecular weight is 290 g/mol. The van der Waals surface area contributed by atoms with Crippen LogP contribution in [0.3, 0.4) is 0 Å². The van der Waals surface area contributed by atoms with Crippen molar-refractivity contribution >= 4 is 11.9 Å². The van der Waals surface area contributed by atoms with Crippen molar-refractivity contribution in [2.45, 2.75) is 25.7 Å². The summed E-state index contributed by atoms with van der Waals surface area (Å²) in [6.07, 6.45) is 12.0. The van der Waals surface area contributed by atoms with Crippen molar-refractivity contribution in [1.29, 1.82) is 0 Å². The lowest BCUT2D eigenvalue weighted by atomic mass is 10.0. The van der Waals surface area contributed by atoms with E-state index in [9.17, 15) is 4.79 Å². The average Bonchev–Trinajstić information content (AvgIpc) is 2.59. The largest absolute Gasteiger partial charge is 0.294 e. The van der Waals surface area contributed by atoms with Gasteiger partial charge in [-0.15, -0.1) is 0 Å². The third kappa shape index (κ3) is 5.92. The fraction of sp³-hybridized carbons (Fsp3) is 0.190. The van der Waals surface area contributed by atoms with E-state index in [1.165, 1.54) is 5.56 Å². The summed E-state index contributed by atoms with van der Waals surface area (Å²) in [5.41, 5.74) is 2.03. The lowest BCUT2D eigenvalue weighted by Crippen LogP contribution is -1.97. The Kier molecular flexibility index (Phi) is 6.90. The van der Waals surface area contributed by atoms with Crippen LogP contribution in [0.4, 0.5) is 0 Å². The van der Waals surface area contributed by atoms with Crippen LogP contribution in [-0.2, 0) is 0 Å². The van der Waals surface area contributed by atoms with Gasteiger partial charge >= 0.3 is 0 Å². The van der Waals surface area contributed by atoms with Crippen LogP contribution in [0.5, 0.6) is 0 Å². The lowest BCUT2D eigenvalue weighted by molar-refractivity contribution is 0.0979. The summed E-state index contributed by atoms with van der Waals surface area (Å²) in [4.78, 5) is 11.9. The fourth-order valence-corrected chi connectivity index (χ4v) is 2.22. The first-order chi connectivity index (χ1) is 10.9. The summed E-state index contributed by atoms with van der Waals surface area (Å²) in [6, 6.07) is 19.8. The number of rotatable bonds is 8. The van der Waals surface area contributed by atoms with Gasteiger partial charge in [-0.1, -0.05) is 85.0 Å². The van der Waals surface area contributed by atoms with Crippen molar-refractivity contribution in [2.24, 2.45) is 0 Å². The molecule has 1 heteroatoms. The first-order valence-electron chi connectivity index (χ1n) is 7.83. The number of hydrogen-bond acceptors (Lipinski definition) is 1. The van der Waals surface area contributed by atoms with Gasteiger partial charge in [0.1, 0.15) is 0 Å². The fourth-order valence-electron chi connectivity index (χ4n) is 2.22. The summed E-state index contributed by atoms with van der Waals surface area (Å²) in [7, 11) is 0. The molecule has 0 bridgehead atoms. The molecule has 0 aromatic heterocycles. The van der Waals surface area contributed by atoms with Gasteiger partial charge in [-0.2, -0.15) is 0 Å². The molecular formula is C21H22O. The SMILES string of the molecule is O=C(CCCC/C=C/C=C/c1ccccc1)c1ccccc1. The van der Waals surface area contributed by atoms with Gasteiger partial charge in [0.15, 0.2) is 5.78 Å². The minimum absolute atomic E-state index is 0.244. The Morgan fingerprint density at radius 3 is 2.23 bits per heavy atom. The standard InChI is InChI=1S/C21H22O/c22-21(20-16-10-6-11-17-20)18-12-4-2-1-3-7-13-19-14-8-5-9-15-19/h1,3,5-11,13-17H,2,4,12,18H2/b3-1+,13-7+. The maximum Gasteiger partial charge on any atom is 0.162 e. The highest BCUT2D eigenvalue weighted by atomic mass is 16.1. The molecule has 1 nitrogen and oxygen atoms in total. The van der Waals surface area contributed by atoms with Crippen molar-refractivity contribution in [3.8, 4) is 0 Å². The molecule has 0 spiro atoms. The Hall–Kier alpha value is -2.41. The summed E-state index contributed by atoms with van der Waals surface area (Å²) in [5, 5.41) is 0. The monoisotopic (exact) mass is 290 g/mol. The molecule has 0 aliphatic heterocycles. The van der Waals surface area contributed by atoms with E-state index in [-0.39, 0.29) is 5.78 Å². The smallest absolute Gasteiger partial charge is 0.162 e.